The van der Waals surface area contributed by atoms with Gasteiger partial charge in [-0.05, 0) is 31.0 Å². The predicted molar refractivity (Wildman–Crippen MR) is 89.9 cm³/mol. The zero-order chi connectivity index (χ0) is 15.5. The zero-order valence-electron chi connectivity index (χ0n) is 12.7. The van der Waals surface area contributed by atoms with E-state index in [9.17, 15) is 4.79 Å². The quantitative estimate of drug-likeness (QED) is 0.725. The third kappa shape index (κ3) is 2.90. The van der Waals surface area contributed by atoms with E-state index in [2.05, 4.69) is 11.9 Å². The molecule has 2 aromatic heterocycles. The van der Waals surface area contributed by atoms with Crippen LogP contribution in [0.3, 0.4) is 0 Å². The van der Waals surface area contributed by atoms with Crippen LogP contribution in [0.4, 0.5) is 0 Å². The van der Waals surface area contributed by atoms with Crippen LogP contribution in [-0.2, 0) is 13.0 Å². The van der Waals surface area contributed by atoms with Crippen LogP contribution in [0.2, 0.25) is 0 Å². The molecule has 0 unspecified atom stereocenters. The molecular formula is C17H18N2O2S. The normalized spacial score (nSPS) is 11.0. The van der Waals surface area contributed by atoms with E-state index in [0.29, 0.717) is 18.5 Å². The molecule has 0 saturated heterocycles. The average molecular weight is 314 g/mol. The molecule has 2 heterocycles. The number of aromatic nitrogens is 2. The summed E-state index contributed by atoms with van der Waals surface area (Å²) in [4.78, 5) is 18.8. The number of hydrogen-bond donors (Lipinski definition) is 0. The van der Waals surface area contributed by atoms with E-state index in [1.807, 2.05) is 37.3 Å². The van der Waals surface area contributed by atoms with Crippen LogP contribution >= 0.6 is 11.3 Å². The molecule has 114 valence electrons. The van der Waals surface area contributed by atoms with Gasteiger partial charge in [0.15, 0.2) is 0 Å². The monoisotopic (exact) mass is 314 g/mol. The van der Waals surface area contributed by atoms with Gasteiger partial charge in [-0.3, -0.25) is 9.36 Å². The minimum Gasteiger partial charge on any atom is -0.491 e. The van der Waals surface area contributed by atoms with Gasteiger partial charge in [-0.1, -0.05) is 25.1 Å². The van der Waals surface area contributed by atoms with Crippen molar-refractivity contribution in [1.82, 2.24) is 9.55 Å². The number of para-hydroxylation sites is 1. The third-order valence-electron chi connectivity index (χ3n) is 3.60. The Morgan fingerprint density at radius 3 is 2.91 bits per heavy atom. The highest BCUT2D eigenvalue weighted by Crippen LogP contribution is 2.21. The Labute approximate surface area is 133 Å². The van der Waals surface area contributed by atoms with Gasteiger partial charge in [-0.2, -0.15) is 0 Å². The van der Waals surface area contributed by atoms with E-state index < -0.39 is 0 Å². The lowest BCUT2D eigenvalue weighted by molar-refractivity contribution is 0.294. The molecular weight excluding hydrogens is 296 g/mol. The maximum atomic E-state index is 12.4. The van der Waals surface area contributed by atoms with E-state index in [4.69, 9.17) is 4.74 Å². The predicted octanol–water partition coefficient (Wildman–Crippen LogP) is 3.41. The van der Waals surface area contributed by atoms with Gasteiger partial charge in [-0.25, -0.2) is 4.98 Å². The largest absolute Gasteiger partial charge is 0.491 e. The lowest BCUT2D eigenvalue weighted by atomic mass is 10.2. The van der Waals surface area contributed by atoms with Gasteiger partial charge in [0.1, 0.15) is 17.2 Å². The topological polar surface area (TPSA) is 44.1 Å². The second kappa shape index (κ2) is 6.32. The smallest absolute Gasteiger partial charge is 0.262 e. The van der Waals surface area contributed by atoms with E-state index in [0.717, 1.165) is 22.6 Å². The fraction of sp³-hybridized carbons (Fsp3) is 0.294. The summed E-state index contributed by atoms with van der Waals surface area (Å²) in [5, 5.41) is 0.709. The van der Waals surface area contributed by atoms with Gasteiger partial charge in [-0.15, -0.1) is 11.3 Å². The van der Waals surface area contributed by atoms with Crippen LogP contribution in [0.15, 0.2) is 41.5 Å². The van der Waals surface area contributed by atoms with Gasteiger partial charge in [0.05, 0.1) is 18.3 Å². The van der Waals surface area contributed by atoms with Crippen molar-refractivity contribution in [1.29, 1.82) is 0 Å². The fourth-order valence-corrected chi connectivity index (χ4v) is 3.24. The molecule has 0 amide bonds. The molecule has 22 heavy (non-hydrogen) atoms. The van der Waals surface area contributed by atoms with Crippen molar-refractivity contribution in [3.63, 3.8) is 0 Å². The molecule has 0 atom stereocenters. The molecule has 0 spiro atoms. The highest BCUT2D eigenvalue weighted by Gasteiger charge is 2.08. The first-order chi connectivity index (χ1) is 10.7. The van der Waals surface area contributed by atoms with Gasteiger partial charge in [0, 0.05) is 4.88 Å². The molecule has 0 saturated carbocycles. The minimum atomic E-state index is 0.00864. The van der Waals surface area contributed by atoms with Crippen LogP contribution in [0.1, 0.15) is 17.4 Å². The van der Waals surface area contributed by atoms with Gasteiger partial charge in [0.25, 0.3) is 5.56 Å². The van der Waals surface area contributed by atoms with E-state index in [1.54, 1.807) is 22.2 Å². The minimum absolute atomic E-state index is 0.00864. The summed E-state index contributed by atoms with van der Waals surface area (Å²) in [6.45, 7) is 5.03. The van der Waals surface area contributed by atoms with Crippen LogP contribution < -0.4 is 10.3 Å². The SMILES string of the molecule is CCc1cc2c(=O)n(CCOc3ccccc3C)cnc2s1. The van der Waals surface area contributed by atoms with Crippen molar-refractivity contribution in [2.24, 2.45) is 0 Å². The van der Waals surface area contributed by atoms with Gasteiger partial charge < -0.3 is 4.74 Å². The summed E-state index contributed by atoms with van der Waals surface area (Å²) in [5.74, 6) is 0.855. The Hall–Kier alpha value is -2.14. The number of aryl methyl sites for hydroxylation is 2. The Bertz CT molecular complexity index is 851. The molecule has 3 rings (SSSR count). The first-order valence-electron chi connectivity index (χ1n) is 7.35. The summed E-state index contributed by atoms with van der Waals surface area (Å²) < 4.78 is 7.37. The summed E-state index contributed by atoms with van der Waals surface area (Å²) in [7, 11) is 0. The summed E-state index contributed by atoms with van der Waals surface area (Å²) >= 11 is 1.59. The summed E-state index contributed by atoms with van der Waals surface area (Å²) in [6, 6.07) is 9.82. The summed E-state index contributed by atoms with van der Waals surface area (Å²) in [6.07, 6.45) is 2.54. The van der Waals surface area contributed by atoms with Crippen molar-refractivity contribution >= 4 is 21.6 Å². The highest BCUT2D eigenvalue weighted by molar-refractivity contribution is 7.18. The molecule has 5 heteroatoms. The van der Waals surface area contributed by atoms with Gasteiger partial charge >= 0.3 is 0 Å². The number of nitrogens with zero attached hydrogens (tertiary/aromatic N) is 2. The maximum Gasteiger partial charge on any atom is 0.262 e. The fourth-order valence-electron chi connectivity index (χ4n) is 2.32. The molecule has 0 aliphatic carbocycles. The first-order valence-corrected chi connectivity index (χ1v) is 8.17. The maximum absolute atomic E-state index is 12.4. The van der Waals surface area contributed by atoms with E-state index >= 15 is 0 Å². The molecule has 0 aliphatic heterocycles. The van der Waals surface area contributed by atoms with E-state index in [1.165, 1.54) is 4.88 Å². The second-order valence-electron chi connectivity index (χ2n) is 5.14. The Morgan fingerprint density at radius 2 is 2.14 bits per heavy atom. The third-order valence-corrected chi connectivity index (χ3v) is 4.79. The van der Waals surface area contributed by atoms with E-state index in [-0.39, 0.29) is 5.56 Å². The molecule has 0 aliphatic rings. The van der Waals surface area contributed by atoms with Crippen LogP contribution in [-0.4, -0.2) is 16.2 Å². The van der Waals surface area contributed by atoms with Crippen molar-refractivity contribution in [3.05, 3.63) is 57.5 Å². The Morgan fingerprint density at radius 1 is 1.32 bits per heavy atom. The zero-order valence-corrected chi connectivity index (χ0v) is 13.5. The number of thiophene rings is 1. The van der Waals surface area contributed by atoms with Gasteiger partial charge in [0.2, 0.25) is 0 Å². The summed E-state index contributed by atoms with van der Waals surface area (Å²) in [5.41, 5.74) is 1.10. The molecule has 0 radical (unpaired) electrons. The molecule has 1 aromatic carbocycles. The second-order valence-corrected chi connectivity index (χ2v) is 6.26. The molecule has 0 fully saturated rings. The standard InChI is InChI=1S/C17H18N2O2S/c1-3-13-10-14-16(22-13)18-11-19(17(14)20)8-9-21-15-7-5-4-6-12(15)2/h4-7,10-11H,3,8-9H2,1-2H3. The Balaban J connectivity index is 1.75. The first kappa shape index (κ1) is 14.8. The lowest BCUT2D eigenvalue weighted by Crippen LogP contribution is -2.23. The van der Waals surface area contributed by atoms with Crippen LogP contribution in [0.5, 0.6) is 5.75 Å². The molecule has 4 nitrogen and oxygen atoms in total. The number of hydrogen-bond acceptors (Lipinski definition) is 4. The number of ether oxygens (including phenoxy) is 1. The number of benzene rings is 1. The van der Waals surface area contributed by atoms with Crippen LogP contribution in [0, 0.1) is 6.92 Å². The van der Waals surface area contributed by atoms with Crippen molar-refractivity contribution < 1.29 is 4.74 Å². The number of rotatable bonds is 5. The van der Waals surface area contributed by atoms with Crippen molar-refractivity contribution in [2.75, 3.05) is 6.61 Å². The molecule has 0 N–H and O–H groups in total. The van der Waals surface area contributed by atoms with Crippen molar-refractivity contribution in [2.45, 2.75) is 26.8 Å². The average Bonchev–Trinajstić information content (AvgIpc) is 2.95. The van der Waals surface area contributed by atoms with Crippen LogP contribution in [0.25, 0.3) is 10.2 Å². The molecule has 0 bridgehead atoms. The lowest BCUT2D eigenvalue weighted by Gasteiger charge is -2.09. The Kier molecular flexibility index (Phi) is 4.24. The highest BCUT2D eigenvalue weighted by atomic mass is 32.1. The number of fused-ring (bicyclic) bond motifs is 1. The molecule has 3 aromatic rings. The van der Waals surface area contributed by atoms with Crippen molar-refractivity contribution in [3.8, 4) is 5.75 Å².